The molecule has 21 heavy (non-hydrogen) atoms. The van der Waals surface area contributed by atoms with E-state index in [0.29, 0.717) is 0 Å². The van der Waals surface area contributed by atoms with Gasteiger partial charge in [-0.3, -0.25) is 4.68 Å². The lowest BCUT2D eigenvalue weighted by atomic mass is 9.77. The van der Waals surface area contributed by atoms with Gasteiger partial charge in [0, 0.05) is 18.0 Å². The van der Waals surface area contributed by atoms with E-state index in [1.54, 1.807) is 0 Å². The summed E-state index contributed by atoms with van der Waals surface area (Å²) >= 11 is 0. The van der Waals surface area contributed by atoms with Gasteiger partial charge in [-0.1, -0.05) is 44.0 Å². The molecule has 0 aliphatic heterocycles. The Kier molecular flexibility index (Phi) is 3.52. The Morgan fingerprint density at radius 1 is 1.24 bits per heavy atom. The van der Waals surface area contributed by atoms with Crippen LogP contribution in [-0.2, 0) is 12.5 Å². The van der Waals surface area contributed by atoms with Crippen molar-refractivity contribution in [2.24, 2.45) is 7.05 Å². The SMILES string of the molecule is CCC1(c2nn(C)c(N)c2-c2ccccc2C)CCCC1. The minimum atomic E-state index is 0.215. The van der Waals surface area contributed by atoms with E-state index in [0.717, 1.165) is 12.2 Å². The number of anilines is 1. The van der Waals surface area contributed by atoms with E-state index in [2.05, 4.69) is 38.1 Å². The lowest BCUT2D eigenvalue weighted by Crippen LogP contribution is -2.22. The molecule has 1 fully saturated rings. The molecule has 1 aliphatic rings. The quantitative estimate of drug-likeness (QED) is 0.917. The molecule has 1 aromatic heterocycles. The first-order valence-corrected chi connectivity index (χ1v) is 7.98. The Bertz CT molecular complexity index is 648. The summed E-state index contributed by atoms with van der Waals surface area (Å²) in [6.45, 7) is 4.44. The first kappa shape index (κ1) is 14.2. The zero-order valence-electron chi connectivity index (χ0n) is 13.3. The molecule has 3 heteroatoms. The lowest BCUT2D eigenvalue weighted by Gasteiger charge is -2.27. The third-order valence-electron chi connectivity index (χ3n) is 5.25. The van der Waals surface area contributed by atoms with E-state index >= 15 is 0 Å². The predicted octanol–water partition coefficient (Wildman–Crippen LogP) is 4.20. The number of benzene rings is 1. The van der Waals surface area contributed by atoms with Crippen LogP contribution in [0.3, 0.4) is 0 Å². The number of nitrogens with two attached hydrogens (primary N) is 1. The van der Waals surface area contributed by atoms with Crippen molar-refractivity contribution in [3.63, 3.8) is 0 Å². The third kappa shape index (κ3) is 2.15. The highest BCUT2D eigenvalue weighted by molar-refractivity contribution is 5.79. The molecule has 0 amide bonds. The fourth-order valence-corrected chi connectivity index (χ4v) is 3.84. The number of hydrogen-bond donors (Lipinski definition) is 1. The van der Waals surface area contributed by atoms with Gasteiger partial charge in [0.25, 0.3) is 0 Å². The van der Waals surface area contributed by atoms with Gasteiger partial charge in [-0.2, -0.15) is 5.10 Å². The monoisotopic (exact) mass is 283 g/mol. The molecule has 1 aliphatic carbocycles. The summed E-state index contributed by atoms with van der Waals surface area (Å²) in [4.78, 5) is 0. The smallest absolute Gasteiger partial charge is 0.129 e. The Labute approximate surface area is 127 Å². The normalized spacial score (nSPS) is 17.3. The van der Waals surface area contributed by atoms with Crippen molar-refractivity contribution in [2.75, 3.05) is 5.73 Å². The van der Waals surface area contributed by atoms with Gasteiger partial charge in [-0.15, -0.1) is 0 Å². The van der Waals surface area contributed by atoms with Crippen molar-refractivity contribution in [1.29, 1.82) is 0 Å². The maximum absolute atomic E-state index is 6.39. The summed E-state index contributed by atoms with van der Waals surface area (Å²) in [6, 6.07) is 8.49. The van der Waals surface area contributed by atoms with Crippen LogP contribution in [0.4, 0.5) is 5.82 Å². The number of aryl methyl sites for hydroxylation is 2. The fourth-order valence-electron chi connectivity index (χ4n) is 3.84. The van der Waals surface area contributed by atoms with E-state index in [-0.39, 0.29) is 5.41 Å². The molecule has 112 valence electrons. The molecule has 0 spiro atoms. The number of nitrogens with zero attached hydrogens (tertiary/aromatic N) is 2. The van der Waals surface area contributed by atoms with Crippen LogP contribution < -0.4 is 5.73 Å². The Balaban J connectivity index is 2.24. The van der Waals surface area contributed by atoms with Crippen molar-refractivity contribution in [3.8, 4) is 11.1 Å². The molecule has 1 aromatic carbocycles. The van der Waals surface area contributed by atoms with Gasteiger partial charge in [0.2, 0.25) is 0 Å². The third-order valence-corrected chi connectivity index (χ3v) is 5.25. The molecule has 0 saturated heterocycles. The molecule has 1 heterocycles. The van der Waals surface area contributed by atoms with E-state index in [9.17, 15) is 0 Å². The Hall–Kier alpha value is -1.77. The molecule has 3 rings (SSSR count). The summed E-state index contributed by atoms with van der Waals surface area (Å²) in [6.07, 6.45) is 6.22. The molecule has 2 N–H and O–H groups in total. The van der Waals surface area contributed by atoms with Gasteiger partial charge in [-0.25, -0.2) is 0 Å². The molecule has 0 radical (unpaired) electrons. The number of rotatable bonds is 3. The van der Waals surface area contributed by atoms with Crippen LogP contribution in [0.25, 0.3) is 11.1 Å². The van der Waals surface area contributed by atoms with Crippen LogP contribution >= 0.6 is 0 Å². The standard InChI is InChI=1S/C18H25N3/c1-4-18(11-7-8-12-18)16-15(17(19)21(3)20-16)14-10-6-5-9-13(14)2/h5-6,9-10H,4,7-8,11-12,19H2,1-3H3. The Morgan fingerprint density at radius 3 is 2.52 bits per heavy atom. The van der Waals surface area contributed by atoms with E-state index in [4.69, 9.17) is 10.8 Å². The average Bonchev–Trinajstić information content (AvgIpc) is 3.07. The molecule has 2 aromatic rings. The van der Waals surface area contributed by atoms with Crippen LogP contribution in [0.5, 0.6) is 0 Å². The van der Waals surface area contributed by atoms with Gasteiger partial charge >= 0.3 is 0 Å². The summed E-state index contributed by atoms with van der Waals surface area (Å²) in [7, 11) is 1.96. The number of hydrogen-bond acceptors (Lipinski definition) is 2. The number of aromatic nitrogens is 2. The predicted molar refractivity (Wildman–Crippen MR) is 88.2 cm³/mol. The van der Waals surface area contributed by atoms with Crippen molar-refractivity contribution >= 4 is 5.82 Å². The van der Waals surface area contributed by atoms with E-state index < -0.39 is 0 Å². The van der Waals surface area contributed by atoms with Crippen molar-refractivity contribution in [3.05, 3.63) is 35.5 Å². The highest BCUT2D eigenvalue weighted by Crippen LogP contribution is 2.48. The summed E-state index contributed by atoms with van der Waals surface area (Å²) < 4.78 is 1.85. The summed E-state index contributed by atoms with van der Waals surface area (Å²) in [5.41, 5.74) is 11.5. The topological polar surface area (TPSA) is 43.8 Å². The van der Waals surface area contributed by atoms with Gasteiger partial charge in [0.1, 0.15) is 5.82 Å². The van der Waals surface area contributed by atoms with Gasteiger partial charge in [0.05, 0.1) is 5.69 Å². The van der Waals surface area contributed by atoms with Crippen LogP contribution in [0, 0.1) is 6.92 Å². The first-order chi connectivity index (χ1) is 10.1. The lowest BCUT2D eigenvalue weighted by molar-refractivity contribution is 0.408. The van der Waals surface area contributed by atoms with E-state index in [1.165, 1.54) is 48.1 Å². The molecular weight excluding hydrogens is 258 g/mol. The van der Waals surface area contributed by atoms with Crippen LogP contribution in [0.15, 0.2) is 24.3 Å². The van der Waals surface area contributed by atoms with Crippen molar-refractivity contribution < 1.29 is 0 Å². The second-order valence-electron chi connectivity index (χ2n) is 6.39. The molecule has 1 saturated carbocycles. The fraction of sp³-hybridized carbons (Fsp3) is 0.500. The second-order valence-corrected chi connectivity index (χ2v) is 6.39. The minimum Gasteiger partial charge on any atom is -0.383 e. The molecular formula is C18H25N3. The van der Waals surface area contributed by atoms with Crippen molar-refractivity contribution in [1.82, 2.24) is 9.78 Å². The molecule has 3 nitrogen and oxygen atoms in total. The molecule has 0 atom stereocenters. The highest BCUT2D eigenvalue weighted by Gasteiger charge is 2.39. The average molecular weight is 283 g/mol. The zero-order chi connectivity index (χ0) is 15.0. The van der Waals surface area contributed by atoms with Crippen LogP contribution in [0.2, 0.25) is 0 Å². The van der Waals surface area contributed by atoms with Crippen LogP contribution in [-0.4, -0.2) is 9.78 Å². The summed E-state index contributed by atoms with van der Waals surface area (Å²) in [5.74, 6) is 0.791. The largest absolute Gasteiger partial charge is 0.383 e. The summed E-state index contributed by atoms with van der Waals surface area (Å²) in [5, 5.41) is 4.84. The van der Waals surface area contributed by atoms with Crippen molar-refractivity contribution in [2.45, 2.75) is 51.4 Å². The minimum absolute atomic E-state index is 0.215. The van der Waals surface area contributed by atoms with Gasteiger partial charge in [-0.05, 0) is 37.3 Å². The first-order valence-electron chi connectivity index (χ1n) is 7.98. The Morgan fingerprint density at radius 2 is 1.90 bits per heavy atom. The maximum Gasteiger partial charge on any atom is 0.129 e. The number of nitrogen functional groups attached to an aromatic ring is 1. The second kappa shape index (κ2) is 5.21. The molecule has 0 bridgehead atoms. The zero-order valence-corrected chi connectivity index (χ0v) is 13.3. The van der Waals surface area contributed by atoms with E-state index in [1.807, 2.05) is 11.7 Å². The van der Waals surface area contributed by atoms with Gasteiger partial charge < -0.3 is 5.73 Å². The highest BCUT2D eigenvalue weighted by atomic mass is 15.3. The molecule has 0 unspecified atom stereocenters. The van der Waals surface area contributed by atoms with Crippen LogP contribution in [0.1, 0.15) is 50.3 Å². The van der Waals surface area contributed by atoms with Gasteiger partial charge in [0.15, 0.2) is 0 Å². The maximum atomic E-state index is 6.39.